The van der Waals surface area contributed by atoms with Crippen LogP contribution in [0, 0.1) is 21.7 Å². The molecule has 2 aromatic carbocycles. The van der Waals surface area contributed by atoms with E-state index < -0.39 is 10.7 Å². The molecule has 120 valence electrons. The van der Waals surface area contributed by atoms with Gasteiger partial charge in [0.1, 0.15) is 11.6 Å². The highest BCUT2D eigenvalue weighted by Crippen LogP contribution is 2.33. The maximum absolute atomic E-state index is 14.1. The Kier molecular flexibility index (Phi) is 4.09. The van der Waals surface area contributed by atoms with E-state index in [9.17, 15) is 18.9 Å². The van der Waals surface area contributed by atoms with Crippen LogP contribution in [-0.4, -0.2) is 16.4 Å². The lowest BCUT2D eigenvalue weighted by Crippen LogP contribution is -2.34. The van der Waals surface area contributed by atoms with Crippen LogP contribution >= 0.6 is 0 Å². The number of rotatable bonds is 3. The monoisotopic (exact) mass is 318 g/mol. The van der Waals surface area contributed by atoms with Crippen molar-refractivity contribution in [1.29, 1.82) is 0 Å². The molecule has 0 saturated heterocycles. The van der Waals surface area contributed by atoms with Crippen LogP contribution < -0.4 is 0 Å². The first-order valence-electron chi connectivity index (χ1n) is 7.41. The van der Waals surface area contributed by atoms with Crippen LogP contribution in [0.1, 0.15) is 29.7 Å². The van der Waals surface area contributed by atoms with Crippen molar-refractivity contribution in [1.82, 2.24) is 4.90 Å². The first-order chi connectivity index (χ1) is 11.0. The molecule has 0 spiro atoms. The van der Waals surface area contributed by atoms with Gasteiger partial charge in [0.05, 0.1) is 10.5 Å². The Morgan fingerprint density at radius 3 is 2.83 bits per heavy atom. The molecular formula is C17H16F2N2O2. The summed E-state index contributed by atoms with van der Waals surface area (Å²) in [7, 11) is 0. The fraction of sp³-hybridized carbons (Fsp3) is 0.294. The van der Waals surface area contributed by atoms with E-state index in [1.54, 1.807) is 6.07 Å². The first-order valence-corrected chi connectivity index (χ1v) is 7.41. The van der Waals surface area contributed by atoms with Crippen molar-refractivity contribution >= 4 is 5.69 Å². The summed E-state index contributed by atoms with van der Waals surface area (Å²) < 4.78 is 27.5. The van der Waals surface area contributed by atoms with Gasteiger partial charge >= 0.3 is 0 Å². The minimum Gasteiger partial charge on any atom is -0.292 e. The predicted molar refractivity (Wildman–Crippen MR) is 82.0 cm³/mol. The maximum Gasteiger partial charge on any atom is 0.276 e. The van der Waals surface area contributed by atoms with Crippen LogP contribution in [0.25, 0.3) is 0 Å². The van der Waals surface area contributed by atoms with Gasteiger partial charge in [-0.2, -0.15) is 0 Å². The Balaban J connectivity index is 1.92. The minimum absolute atomic E-state index is 0.0733. The van der Waals surface area contributed by atoms with Crippen LogP contribution in [0.3, 0.4) is 0 Å². The van der Waals surface area contributed by atoms with Crippen LogP contribution in [0.5, 0.6) is 0 Å². The van der Waals surface area contributed by atoms with E-state index in [1.807, 2.05) is 11.8 Å². The molecule has 0 aliphatic carbocycles. The van der Waals surface area contributed by atoms with Crippen molar-refractivity contribution in [2.45, 2.75) is 25.9 Å². The highest BCUT2D eigenvalue weighted by molar-refractivity contribution is 5.41. The Morgan fingerprint density at radius 2 is 2.09 bits per heavy atom. The SMILES string of the molecule is CC1c2cc(F)ccc2CCN1Cc1c(F)cccc1[N+](=O)[O-]. The third-order valence-electron chi connectivity index (χ3n) is 4.43. The van der Waals surface area contributed by atoms with Gasteiger partial charge in [-0.1, -0.05) is 12.1 Å². The predicted octanol–water partition coefficient (Wildman–Crippen LogP) is 3.99. The maximum atomic E-state index is 14.1. The minimum atomic E-state index is -0.587. The molecule has 0 amide bonds. The van der Waals surface area contributed by atoms with Gasteiger partial charge in [-0.3, -0.25) is 15.0 Å². The zero-order chi connectivity index (χ0) is 16.6. The van der Waals surface area contributed by atoms with Crippen molar-refractivity contribution in [2.75, 3.05) is 6.54 Å². The highest BCUT2D eigenvalue weighted by Gasteiger charge is 2.27. The van der Waals surface area contributed by atoms with E-state index in [2.05, 4.69) is 0 Å². The summed E-state index contributed by atoms with van der Waals surface area (Å²) in [5.74, 6) is -0.897. The topological polar surface area (TPSA) is 46.4 Å². The molecule has 0 aromatic heterocycles. The van der Waals surface area contributed by atoms with Gasteiger partial charge in [0, 0.05) is 25.2 Å². The number of nitro groups is 1. The second kappa shape index (κ2) is 6.04. The van der Waals surface area contributed by atoms with Gasteiger partial charge in [-0.05, 0) is 42.7 Å². The largest absolute Gasteiger partial charge is 0.292 e. The number of benzene rings is 2. The van der Waals surface area contributed by atoms with Crippen LogP contribution in [0.15, 0.2) is 36.4 Å². The Morgan fingerprint density at radius 1 is 1.30 bits per heavy atom. The lowest BCUT2D eigenvalue weighted by molar-refractivity contribution is -0.386. The molecule has 1 unspecified atom stereocenters. The van der Waals surface area contributed by atoms with Gasteiger partial charge in [-0.25, -0.2) is 8.78 Å². The molecular weight excluding hydrogens is 302 g/mol. The van der Waals surface area contributed by atoms with Gasteiger partial charge in [0.15, 0.2) is 0 Å². The summed E-state index contributed by atoms with van der Waals surface area (Å²) in [4.78, 5) is 12.5. The van der Waals surface area contributed by atoms with Gasteiger partial charge < -0.3 is 0 Å². The van der Waals surface area contributed by atoms with Crippen molar-refractivity contribution in [2.24, 2.45) is 0 Å². The molecule has 0 bridgehead atoms. The first kappa shape index (κ1) is 15.6. The number of halogens is 2. The molecule has 0 saturated carbocycles. The molecule has 1 atom stereocenters. The summed E-state index contributed by atoms with van der Waals surface area (Å²) in [6, 6.07) is 8.43. The quantitative estimate of drug-likeness (QED) is 0.635. The molecule has 4 nitrogen and oxygen atoms in total. The van der Waals surface area contributed by atoms with E-state index >= 15 is 0 Å². The highest BCUT2D eigenvalue weighted by atomic mass is 19.1. The standard InChI is InChI=1S/C17H16F2N2O2/c1-11-14-9-13(18)6-5-12(14)7-8-20(11)10-15-16(19)3-2-4-17(15)21(22)23/h2-6,9,11H,7-8,10H2,1H3. The summed E-state index contributed by atoms with van der Waals surface area (Å²) in [6.07, 6.45) is 0.711. The van der Waals surface area contributed by atoms with E-state index in [0.29, 0.717) is 13.0 Å². The average Bonchev–Trinajstić information content (AvgIpc) is 2.52. The summed E-state index contributed by atoms with van der Waals surface area (Å²) in [5, 5.41) is 11.1. The second-order valence-electron chi connectivity index (χ2n) is 5.73. The van der Waals surface area contributed by atoms with Crippen LogP contribution in [0.2, 0.25) is 0 Å². The summed E-state index contributed by atoms with van der Waals surface area (Å²) >= 11 is 0. The molecule has 0 radical (unpaired) electrons. The van der Waals surface area contributed by atoms with Crippen molar-refractivity contribution in [3.8, 4) is 0 Å². The van der Waals surface area contributed by atoms with Gasteiger partial charge in [0.2, 0.25) is 0 Å². The third kappa shape index (κ3) is 2.94. The van der Waals surface area contributed by atoms with Crippen molar-refractivity contribution in [3.05, 3.63) is 74.8 Å². The Labute approximate surface area is 132 Å². The fourth-order valence-electron chi connectivity index (χ4n) is 3.13. The zero-order valence-corrected chi connectivity index (χ0v) is 12.6. The van der Waals surface area contributed by atoms with E-state index in [-0.39, 0.29) is 29.7 Å². The summed E-state index contributed by atoms with van der Waals surface area (Å²) in [5.41, 5.74) is 1.78. The lowest BCUT2D eigenvalue weighted by Gasteiger charge is -2.35. The van der Waals surface area contributed by atoms with Gasteiger partial charge in [0.25, 0.3) is 5.69 Å². The number of hydrogen-bond donors (Lipinski definition) is 0. The van der Waals surface area contributed by atoms with Crippen molar-refractivity contribution in [3.63, 3.8) is 0 Å². The van der Waals surface area contributed by atoms with E-state index in [0.717, 1.165) is 11.1 Å². The molecule has 3 rings (SSSR count). The third-order valence-corrected chi connectivity index (χ3v) is 4.43. The van der Waals surface area contributed by atoms with E-state index in [1.165, 1.54) is 30.3 Å². The molecule has 2 aromatic rings. The number of hydrogen-bond acceptors (Lipinski definition) is 3. The normalized spacial score (nSPS) is 17.8. The Hall–Kier alpha value is -2.34. The number of nitro benzene ring substituents is 1. The number of fused-ring (bicyclic) bond motifs is 1. The average molecular weight is 318 g/mol. The molecule has 1 aliphatic heterocycles. The Bertz CT molecular complexity index is 764. The lowest BCUT2D eigenvalue weighted by atomic mass is 9.93. The second-order valence-corrected chi connectivity index (χ2v) is 5.73. The molecule has 1 aliphatic rings. The summed E-state index contributed by atoms with van der Waals surface area (Å²) in [6.45, 7) is 2.68. The smallest absolute Gasteiger partial charge is 0.276 e. The fourth-order valence-corrected chi connectivity index (χ4v) is 3.13. The molecule has 23 heavy (non-hydrogen) atoms. The van der Waals surface area contributed by atoms with Crippen LogP contribution in [0.4, 0.5) is 14.5 Å². The van der Waals surface area contributed by atoms with Gasteiger partial charge in [-0.15, -0.1) is 0 Å². The van der Waals surface area contributed by atoms with E-state index in [4.69, 9.17) is 0 Å². The molecule has 1 heterocycles. The molecule has 6 heteroatoms. The molecule has 0 fully saturated rings. The number of nitrogens with zero attached hydrogens (tertiary/aromatic N) is 2. The molecule has 0 N–H and O–H groups in total. The van der Waals surface area contributed by atoms with Crippen LogP contribution in [-0.2, 0) is 13.0 Å². The van der Waals surface area contributed by atoms with Crippen molar-refractivity contribution < 1.29 is 13.7 Å². The zero-order valence-electron chi connectivity index (χ0n) is 12.6.